The van der Waals surface area contributed by atoms with Gasteiger partial charge < -0.3 is 5.32 Å². The van der Waals surface area contributed by atoms with Crippen molar-refractivity contribution in [2.75, 3.05) is 19.3 Å². The molecule has 1 atom stereocenters. The fourth-order valence-corrected chi connectivity index (χ4v) is 6.07. The van der Waals surface area contributed by atoms with Gasteiger partial charge in [0.1, 0.15) is 0 Å². The lowest BCUT2D eigenvalue weighted by Crippen LogP contribution is -2.31. The van der Waals surface area contributed by atoms with E-state index in [0.717, 1.165) is 43.1 Å². The average Bonchev–Trinajstić information content (AvgIpc) is 3.08. The minimum atomic E-state index is -3.48. The minimum Gasteiger partial charge on any atom is -0.350 e. The van der Waals surface area contributed by atoms with Gasteiger partial charge in [-0.25, -0.2) is 16.8 Å². The zero-order valence-electron chi connectivity index (χ0n) is 19.2. The maximum Gasteiger partial charge on any atom is 0.243 e. The number of nitrogens with one attached hydrogen (secondary N) is 1. The molecule has 3 rings (SSSR count). The van der Waals surface area contributed by atoms with Gasteiger partial charge in [-0.15, -0.1) is 0 Å². The van der Waals surface area contributed by atoms with Crippen molar-refractivity contribution in [3.05, 3.63) is 59.7 Å². The van der Waals surface area contributed by atoms with Gasteiger partial charge in [0.25, 0.3) is 0 Å². The monoisotopic (exact) mass is 492 g/mol. The number of sulfone groups is 1. The van der Waals surface area contributed by atoms with Crippen molar-refractivity contribution in [2.24, 2.45) is 0 Å². The number of carbonyl (C=O) groups excluding carboxylic acids is 1. The Morgan fingerprint density at radius 2 is 1.42 bits per heavy atom. The lowest BCUT2D eigenvalue weighted by molar-refractivity contribution is -0.121. The topological polar surface area (TPSA) is 101 Å². The molecule has 0 spiro atoms. The van der Waals surface area contributed by atoms with Crippen LogP contribution in [0.5, 0.6) is 0 Å². The number of rotatable bonds is 8. The predicted octanol–water partition coefficient (Wildman–Crippen LogP) is 3.46. The minimum absolute atomic E-state index is 0.129. The second-order valence-electron chi connectivity index (χ2n) is 8.59. The summed E-state index contributed by atoms with van der Waals surface area (Å²) in [5.41, 5.74) is 1.71. The Morgan fingerprint density at radius 1 is 0.879 bits per heavy atom. The normalized spacial score (nSPS) is 16.7. The van der Waals surface area contributed by atoms with Gasteiger partial charge in [-0.05, 0) is 61.6 Å². The summed E-state index contributed by atoms with van der Waals surface area (Å²) in [6.45, 7) is 2.98. The Bertz CT molecular complexity index is 1150. The van der Waals surface area contributed by atoms with Crippen LogP contribution in [0.25, 0.3) is 0 Å². The standard InChI is InChI=1S/C24H32N2O5S2/c1-19(21-10-14-22(15-11-21)32(2,28)29)25-24(27)16-9-20-7-12-23(13-8-20)33(30,31)26-17-5-3-4-6-18-26/h7-8,10-15,19H,3-6,9,16-18H2,1-2H3,(H,25,27)/t19-/m0/s1. The largest absolute Gasteiger partial charge is 0.350 e. The number of hydrogen-bond acceptors (Lipinski definition) is 5. The zero-order valence-corrected chi connectivity index (χ0v) is 20.8. The maximum atomic E-state index is 12.9. The Balaban J connectivity index is 1.54. The van der Waals surface area contributed by atoms with E-state index in [0.29, 0.717) is 24.4 Å². The van der Waals surface area contributed by atoms with Crippen molar-refractivity contribution in [3.8, 4) is 0 Å². The molecule has 1 aliphatic rings. The first-order valence-corrected chi connectivity index (χ1v) is 14.6. The first-order chi connectivity index (χ1) is 15.6. The van der Waals surface area contributed by atoms with Gasteiger partial charge in [0.15, 0.2) is 9.84 Å². The van der Waals surface area contributed by atoms with E-state index in [1.54, 1.807) is 40.7 Å². The number of sulfonamides is 1. The van der Waals surface area contributed by atoms with Crippen LogP contribution in [0.4, 0.5) is 0 Å². The third-order valence-corrected chi connectivity index (χ3v) is 8.99. The van der Waals surface area contributed by atoms with Crippen molar-refractivity contribution >= 4 is 25.8 Å². The number of nitrogens with zero attached hydrogens (tertiary/aromatic N) is 1. The summed E-state index contributed by atoms with van der Waals surface area (Å²) >= 11 is 0. The summed E-state index contributed by atoms with van der Waals surface area (Å²) in [5, 5.41) is 2.92. The van der Waals surface area contributed by atoms with E-state index in [1.165, 1.54) is 12.1 Å². The van der Waals surface area contributed by atoms with Crippen LogP contribution in [0.15, 0.2) is 58.3 Å². The molecule has 1 fully saturated rings. The van der Waals surface area contributed by atoms with Gasteiger partial charge in [-0.3, -0.25) is 4.79 Å². The third kappa shape index (κ3) is 6.88. The highest BCUT2D eigenvalue weighted by Gasteiger charge is 2.25. The number of benzene rings is 2. The molecule has 0 aromatic heterocycles. The maximum absolute atomic E-state index is 12.9. The number of hydrogen-bond donors (Lipinski definition) is 1. The van der Waals surface area contributed by atoms with E-state index in [-0.39, 0.29) is 23.3 Å². The third-order valence-electron chi connectivity index (χ3n) is 5.95. The molecule has 0 radical (unpaired) electrons. The van der Waals surface area contributed by atoms with Crippen molar-refractivity contribution in [1.82, 2.24) is 9.62 Å². The Hall–Kier alpha value is -2.23. The molecule has 33 heavy (non-hydrogen) atoms. The molecule has 2 aromatic rings. The van der Waals surface area contributed by atoms with E-state index in [2.05, 4.69) is 5.32 Å². The molecular weight excluding hydrogens is 460 g/mol. The van der Waals surface area contributed by atoms with Crippen molar-refractivity contribution in [2.45, 2.75) is 61.3 Å². The highest BCUT2D eigenvalue weighted by molar-refractivity contribution is 7.90. The smallest absolute Gasteiger partial charge is 0.243 e. The van der Waals surface area contributed by atoms with Crippen LogP contribution in [0.2, 0.25) is 0 Å². The van der Waals surface area contributed by atoms with Crippen LogP contribution in [-0.2, 0) is 31.1 Å². The van der Waals surface area contributed by atoms with Crippen LogP contribution in [-0.4, -0.2) is 46.4 Å². The van der Waals surface area contributed by atoms with Crippen molar-refractivity contribution < 1.29 is 21.6 Å². The van der Waals surface area contributed by atoms with E-state index in [9.17, 15) is 21.6 Å². The summed E-state index contributed by atoms with van der Waals surface area (Å²) in [6.07, 6.45) is 5.85. The van der Waals surface area contributed by atoms with Crippen LogP contribution in [0.1, 0.15) is 56.2 Å². The van der Waals surface area contributed by atoms with Gasteiger partial charge in [-0.1, -0.05) is 37.1 Å². The molecule has 180 valence electrons. The SMILES string of the molecule is C[C@H](NC(=O)CCc1ccc(S(=O)(=O)N2CCCCCC2)cc1)c1ccc(S(C)(=O)=O)cc1. The molecule has 0 unspecified atom stereocenters. The molecule has 0 aliphatic carbocycles. The Kier molecular flexibility index (Phi) is 8.31. The fourth-order valence-electron chi connectivity index (χ4n) is 3.92. The second-order valence-corrected chi connectivity index (χ2v) is 12.5. The van der Waals surface area contributed by atoms with Crippen molar-refractivity contribution in [1.29, 1.82) is 0 Å². The van der Waals surface area contributed by atoms with Crippen LogP contribution in [0, 0.1) is 0 Å². The Morgan fingerprint density at radius 3 is 1.97 bits per heavy atom. The first-order valence-electron chi connectivity index (χ1n) is 11.3. The van der Waals surface area contributed by atoms with Crippen molar-refractivity contribution in [3.63, 3.8) is 0 Å². The summed E-state index contributed by atoms with van der Waals surface area (Å²) in [7, 11) is -6.73. The molecule has 1 aliphatic heterocycles. The van der Waals surface area contributed by atoms with Gasteiger partial charge >= 0.3 is 0 Å². The van der Waals surface area contributed by atoms with E-state index < -0.39 is 19.9 Å². The molecule has 1 amide bonds. The van der Waals surface area contributed by atoms with Crippen LogP contribution >= 0.6 is 0 Å². The number of carbonyl (C=O) groups is 1. The average molecular weight is 493 g/mol. The van der Waals surface area contributed by atoms with E-state index in [1.807, 2.05) is 6.92 Å². The molecule has 0 bridgehead atoms. The molecule has 1 N–H and O–H groups in total. The summed E-state index contributed by atoms with van der Waals surface area (Å²) in [5.74, 6) is -0.129. The highest BCUT2D eigenvalue weighted by Crippen LogP contribution is 2.21. The zero-order chi connectivity index (χ0) is 24.1. The highest BCUT2D eigenvalue weighted by atomic mass is 32.2. The number of amides is 1. The lowest BCUT2D eigenvalue weighted by Gasteiger charge is -2.20. The summed E-state index contributed by atoms with van der Waals surface area (Å²) in [6, 6.07) is 13.0. The summed E-state index contributed by atoms with van der Waals surface area (Å²) in [4.78, 5) is 12.9. The molecule has 1 heterocycles. The molecule has 7 nitrogen and oxygen atoms in total. The lowest BCUT2D eigenvalue weighted by atomic mass is 10.1. The van der Waals surface area contributed by atoms with Gasteiger partial charge in [0, 0.05) is 25.8 Å². The van der Waals surface area contributed by atoms with Crippen LogP contribution in [0.3, 0.4) is 0 Å². The molecule has 1 saturated heterocycles. The second kappa shape index (κ2) is 10.8. The van der Waals surface area contributed by atoms with Gasteiger partial charge in [-0.2, -0.15) is 4.31 Å². The quantitative estimate of drug-likeness (QED) is 0.608. The van der Waals surface area contributed by atoms with Gasteiger partial charge in [0.2, 0.25) is 15.9 Å². The summed E-state index contributed by atoms with van der Waals surface area (Å²) < 4.78 is 50.5. The molecule has 9 heteroatoms. The van der Waals surface area contributed by atoms with E-state index in [4.69, 9.17) is 0 Å². The molecule has 0 saturated carbocycles. The number of aryl methyl sites for hydroxylation is 1. The molecular formula is C24H32N2O5S2. The molecule has 2 aromatic carbocycles. The van der Waals surface area contributed by atoms with Crippen LogP contribution < -0.4 is 5.32 Å². The van der Waals surface area contributed by atoms with Gasteiger partial charge in [0.05, 0.1) is 15.8 Å². The fraction of sp³-hybridized carbons (Fsp3) is 0.458. The Labute approximate surface area is 197 Å². The first kappa shape index (κ1) is 25.4. The van der Waals surface area contributed by atoms with E-state index >= 15 is 0 Å². The predicted molar refractivity (Wildman–Crippen MR) is 128 cm³/mol.